The Balaban J connectivity index is 0.000000465. The number of rotatable bonds is 6. The summed E-state index contributed by atoms with van der Waals surface area (Å²) in [4.78, 5) is 11.0. The molecule has 3 aromatic rings. The lowest BCUT2D eigenvalue weighted by atomic mass is 10.2. The molecule has 0 amide bonds. The van der Waals surface area contributed by atoms with Gasteiger partial charge in [0.25, 0.3) is 10.1 Å². The van der Waals surface area contributed by atoms with E-state index in [0.29, 0.717) is 12.2 Å². The largest absolute Gasteiger partial charge is 0.354 e. The Morgan fingerprint density at radius 2 is 1.96 bits per heavy atom. The second-order valence-electron chi connectivity index (χ2n) is 6.04. The maximum atomic E-state index is 9.19. The van der Waals surface area contributed by atoms with Gasteiger partial charge in [-0.05, 0) is 45.3 Å². The third-order valence-electron chi connectivity index (χ3n) is 3.30. The molecule has 0 aliphatic heterocycles. The summed E-state index contributed by atoms with van der Waals surface area (Å²) in [6.45, 7) is 1.88. The van der Waals surface area contributed by atoms with E-state index >= 15 is 0 Å². The Morgan fingerprint density at radius 1 is 1.22 bits per heavy atom. The number of fused-ring (bicyclic) bond motifs is 1. The van der Waals surface area contributed by atoms with E-state index in [9.17, 15) is 8.42 Å². The fourth-order valence-electron chi connectivity index (χ4n) is 2.22. The summed E-state index contributed by atoms with van der Waals surface area (Å²) in [7, 11) is 0.465. The molecule has 2 N–H and O–H groups in total. The molecule has 0 fully saturated rings. The topological polar surface area (TPSA) is 126 Å². The molecule has 0 aromatic carbocycles. The minimum Gasteiger partial charge on any atom is -0.354 e. The van der Waals surface area contributed by atoms with Crippen LogP contribution in [0.2, 0.25) is 0 Å². The van der Waals surface area contributed by atoms with E-state index in [4.69, 9.17) is 4.55 Å². The molecule has 0 saturated carbocycles. The zero-order valence-corrected chi connectivity index (χ0v) is 16.3. The van der Waals surface area contributed by atoms with Crippen LogP contribution in [-0.2, 0) is 10.1 Å². The SMILES string of the molecule is CN(C)CCCNc1nccc(-c2cnn3ncccc23)n1.CS(=O)(=O)O. The zero-order chi connectivity index (χ0) is 19.9. The van der Waals surface area contributed by atoms with Crippen molar-refractivity contribution >= 4 is 21.6 Å². The highest BCUT2D eigenvalue weighted by molar-refractivity contribution is 7.85. The fraction of sp³-hybridized carbons (Fsp3) is 0.375. The average Bonchev–Trinajstić information content (AvgIpc) is 3.01. The van der Waals surface area contributed by atoms with Crippen LogP contribution in [-0.4, -0.2) is 76.1 Å². The van der Waals surface area contributed by atoms with Gasteiger partial charge >= 0.3 is 0 Å². The first kappa shape index (κ1) is 20.7. The Morgan fingerprint density at radius 3 is 2.67 bits per heavy atom. The predicted molar refractivity (Wildman–Crippen MR) is 103 cm³/mol. The molecule has 10 nitrogen and oxygen atoms in total. The molecule has 0 unspecified atom stereocenters. The van der Waals surface area contributed by atoms with Crippen LogP contribution in [0.15, 0.2) is 36.8 Å². The van der Waals surface area contributed by atoms with Crippen molar-refractivity contribution in [2.24, 2.45) is 0 Å². The summed E-state index contributed by atoms with van der Waals surface area (Å²) >= 11 is 0. The van der Waals surface area contributed by atoms with Crippen molar-refractivity contribution in [3.05, 3.63) is 36.8 Å². The molecule has 146 valence electrons. The van der Waals surface area contributed by atoms with Crippen molar-refractivity contribution in [1.29, 1.82) is 0 Å². The van der Waals surface area contributed by atoms with Gasteiger partial charge in [-0.3, -0.25) is 4.55 Å². The molecule has 3 rings (SSSR count). The monoisotopic (exact) mass is 393 g/mol. The van der Waals surface area contributed by atoms with Crippen LogP contribution in [0.3, 0.4) is 0 Å². The Hall–Kier alpha value is -2.63. The van der Waals surface area contributed by atoms with Crippen LogP contribution in [0.25, 0.3) is 16.8 Å². The van der Waals surface area contributed by atoms with Gasteiger partial charge < -0.3 is 10.2 Å². The van der Waals surface area contributed by atoms with Crippen molar-refractivity contribution in [2.75, 3.05) is 38.8 Å². The van der Waals surface area contributed by atoms with E-state index in [1.165, 1.54) is 0 Å². The van der Waals surface area contributed by atoms with Crippen LogP contribution >= 0.6 is 0 Å². The van der Waals surface area contributed by atoms with Gasteiger partial charge in [0.1, 0.15) is 0 Å². The van der Waals surface area contributed by atoms with Crippen LogP contribution in [0.5, 0.6) is 0 Å². The summed E-state index contributed by atoms with van der Waals surface area (Å²) in [6.07, 6.45) is 7.01. The first-order valence-corrected chi connectivity index (χ1v) is 10.0. The van der Waals surface area contributed by atoms with Crippen molar-refractivity contribution in [3.8, 4) is 11.3 Å². The minimum atomic E-state index is -3.67. The van der Waals surface area contributed by atoms with E-state index in [2.05, 4.69) is 44.5 Å². The average molecular weight is 393 g/mol. The third-order valence-corrected chi connectivity index (χ3v) is 3.30. The fourth-order valence-corrected chi connectivity index (χ4v) is 2.22. The van der Waals surface area contributed by atoms with Crippen molar-refractivity contribution < 1.29 is 13.0 Å². The lowest BCUT2D eigenvalue weighted by molar-refractivity contribution is 0.405. The Labute approximate surface area is 158 Å². The van der Waals surface area contributed by atoms with E-state index in [0.717, 1.165) is 36.3 Å². The molecular formula is C16H23N7O3S. The van der Waals surface area contributed by atoms with Gasteiger partial charge in [-0.25, -0.2) is 9.97 Å². The predicted octanol–water partition coefficient (Wildman–Crippen LogP) is 1.05. The molecule has 0 aliphatic carbocycles. The quantitative estimate of drug-likeness (QED) is 0.467. The first-order valence-electron chi connectivity index (χ1n) is 8.17. The molecule has 0 bridgehead atoms. The highest BCUT2D eigenvalue weighted by Gasteiger charge is 2.09. The molecule has 0 spiro atoms. The van der Waals surface area contributed by atoms with Crippen LogP contribution < -0.4 is 5.32 Å². The molecule has 0 atom stereocenters. The number of anilines is 1. The molecule has 27 heavy (non-hydrogen) atoms. The number of nitrogens with one attached hydrogen (secondary N) is 1. The molecule has 0 saturated heterocycles. The number of hydrogen-bond donors (Lipinski definition) is 2. The van der Waals surface area contributed by atoms with Crippen molar-refractivity contribution in [1.82, 2.24) is 29.7 Å². The minimum absolute atomic E-state index is 0.638. The molecule has 0 radical (unpaired) electrons. The van der Waals surface area contributed by atoms with E-state index in [-0.39, 0.29) is 0 Å². The molecular weight excluding hydrogens is 370 g/mol. The number of hydrogen-bond acceptors (Lipinski definition) is 8. The highest BCUT2D eigenvalue weighted by Crippen LogP contribution is 2.22. The normalized spacial score (nSPS) is 11.3. The van der Waals surface area contributed by atoms with Gasteiger partial charge in [0.2, 0.25) is 5.95 Å². The van der Waals surface area contributed by atoms with E-state index < -0.39 is 10.1 Å². The van der Waals surface area contributed by atoms with Gasteiger partial charge in [0.05, 0.1) is 23.7 Å². The van der Waals surface area contributed by atoms with Gasteiger partial charge in [-0.2, -0.15) is 23.2 Å². The third kappa shape index (κ3) is 7.25. The maximum Gasteiger partial charge on any atom is 0.261 e. The van der Waals surface area contributed by atoms with Crippen LogP contribution in [0, 0.1) is 0 Å². The summed E-state index contributed by atoms with van der Waals surface area (Å²) in [6, 6.07) is 5.75. The Bertz CT molecular complexity index is 965. The second kappa shape index (κ2) is 9.35. The summed E-state index contributed by atoms with van der Waals surface area (Å²) in [5.41, 5.74) is 2.72. The Kier molecular flexibility index (Phi) is 7.16. The smallest absolute Gasteiger partial charge is 0.261 e. The lowest BCUT2D eigenvalue weighted by Crippen LogP contribution is -2.17. The number of aromatic nitrogens is 5. The van der Waals surface area contributed by atoms with Crippen LogP contribution in [0.1, 0.15) is 6.42 Å². The first-order chi connectivity index (χ1) is 12.7. The van der Waals surface area contributed by atoms with E-state index in [1.54, 1.807) is 23.2 Å². The highest BCUT2D eigenvalue weighted by atomic mass is 32.2. The van der Waals surface area contributed by atoms with Crippen molar-refractivity contribution in [3.63, 3.8) is 0 Å². The summed E-state index contributed by atoms with van der Waals surface area (Å²) < 4.78 is 27.5. The molecule has 11 heteroatoms. The molecule has 3 aromatic heterocycles. The lowest BCUT2D eigenvalue weighted by Gasteiger charge is -2.10. The van der Waals surface area contributed by atoms with Gasteiger partial charge in [0.15, 0.2) is 0 Å². The van der Waals surface area contributed by atoms with Gasteiger partial charge in [-0.15, -0.1) is 0 Å². The maximum absolute atomic E-state index is 9.19. The van der Waals surface area contributed by atoms with Gasteiger partial charge in [-0.1, -0.05) is 0 Å². The molecule has 0 aliphatic rings. The molecule has 3 heterocycles. The summed E-state index contributed by atoms with van der Waals surface area (Å²) in [5.74, 6) is 0.638. The second-order valence-corrected chi connectivity index (χ2v) is 7.50. The van der Waals surface area contributed by atoms with Crippen molar-refractivity contribution in [2.45, 2.75) is 6.42 Å². The standard InChI is InChI=1S/C15H19N7.CH4O3S/c1-21(2)10-4-7-16-15-17-9-6-13(20-15)12-11-19-22-14(12)5-3-8-18-22;1-5(2,3)4/h3,5-6,8-9,11H,4,7,10H2,1-2H3,(H,16,17,20);1H3,(H,2,3,4). The van der Waals surface area contributed by atoms with Crippen LogP contribution in [0.4, 0.5) is 5.95 Å². The van der Waals surface area contributed by atoms with Gasteiger partial charge in [0, 0.05) is 24.5 Å². The zero-order valence-electron chi connectivity index (χ0n) is 15.4. The number of nitrogens with zero attached hydrogens (tertiary/aromatic N) is 6. The summed E-state index contributed by atoms with van der Waals surface area (Å²) in [5, 5.41) is 11.7. The van der Waals surface area contributed by atoms with E-state index in [1.807, 2.05) is 18.2 Å².